The summed E-state index contributed by atoms with van der Waals surface area (Å²) in [4.78, 5) is 22.1. The maximum atomic E-state index is 11.5. The van der Waals surface area contributed by atoms with E-state index in [9.17, 15) is 19.8 Å². The van der Waals surface area contributed by atoms with Crippen LogP contribution in [0.5, 0.6) is 0 Å². The number of nitrogens with zero attached hydrogens (tertiary/aromatic N) is 2. The van der Waals surface area contributed by atoms with E-state index in [0.717, 1.165) is 5.56 Å². The number of aldehydes is 1. The van der Waals surface area contributed by atoms with E-state index in [2.05, 4.69) is 0 Å². The number of carboxylic acid groups (broad SMARTS) is 1. The molecule has 23 heavy (non-hydrogen) atoms. The Morgan fingerprint density at radius 3 is 2.43 bits per heavy atom. The molecule has 6 nitrogen and oxygen atoms in total. The molecule has 2 rings (SSSR count). The lowest BCUT2D eigenvalue weighted by atomic mass is 9.85. The minimum Gasteiger partial charge on any atom is -0.464 e. The molecule has 2 N–H and O–H groups in total. The number of benzene rings is 1. The van der Waals surface area contributed by atoms with Gasteiger partial charge in [-0.05, 0) is 37.5 Å². The van der Waals surface area contributed by atoms with Gasteiger partial charge in [0.25, 0.3) is 0 Å². The molecule has 1 aromatic rings. The second-order valence-electron chi connectivity index (χ2n) is 5.87. The summed E-state index contributed by atoms with van der Waals surface area (Å²) < 4.78 is 0. The number of carbonyl (C=O) groups excluding carboxylic acids is 1. The molecular formula is C16H21ClN2O4. The molecular weight excluding hydrogens is 320 g/mol. The quantitative estimate of drug-likeness (QED) is 0.805. The average Bonchev–Trinajstić information content (AvgIpc) is 2.50. The summed E-state index contributed by atoms with van der Waals surface area (Å²) in [5.74, 6) is 0. The van der Waals surface area contributed by atoms with Crippen LogP contribution in [0, 0.1) is 0 Å². The van der Waals surface area contributed by atoms with Gasteiger partial charge in [-0.15, -0.1) is 0 Å². The maximum Gasteiger partial charge on any atom is 0.422 e. The van der Waals surface area contributed by atoms with Crippen LogP contribution >= 0.6 is 11.6 Å². The van der Waals surface area contributed by atoms with Crippen LogP contribution in [0.25, 0.3) is 0 Å². The van der Waals surface area contributed by atoms with Gasteiger partial charge in [0.2, 0.25) is 0 Å². The van der Waals surface area contributed by atoms with E-state index < -0.39 is 17.7 Å². The van der Waals surface area contributed by atoms with Crippen molar-refractivity contribution < 1.29 is 19.8 Å². The van der Waals surface area contributed by atoms with Gasteiger partial charge >= 0.3 is 6.09 Å². The highest BCUT2D eigenvalue weighted by Gasteiger charge is 2.37. The first kappa shape index (κ1) is 17.7. The molecule has 126 valence electrons. The molecule has 1 saturated heterocycles. The van der Waals surface area contributed by atoms with Gasteiger partial charge in [0, 0.05) is 24.5 Å². The first-order chi connectivity index (χ1) is 10.9. The van der Waals surface area contributed by atoms with Crippen LogP contribution < -0.4 is 0 Å². The van der Waals surface area contributed by atoms with E-state index in [0.29, 0.717) is 37.2 Å². The number of hydrogen-bond acceptors (Lipinski definition) is 4. The molecule has 1 aromatic carbocycles. The maximum absolute atomic E-state index is 11.5. The third-order valence-corrected chi connectivity index (χ3v) is 4.56. The Kier molecular flexibility index (Phi) is 5.62. The predicted molar refractivity (Wildman–Crippen MR) is 86.2 cm³/mol. The molecule has 1 aliphatic heterocycles. The largest absolute Gasteiger partial charge is 0.464 e. The second kappa shape index (κ2) is 7.29. The van der Waals surface area contributed by atoms with E-state index in [1.807, 2.05) is 0 Å². The van der Waals surface area contributed by atoms with Crippen molar-refractivity contribution in [2.24, 2.45) is 0 Å². The Bertz CT molecular complexity index is 556. The molecule has 0 radical (unpaired) electrons. The molecule has 0 aliphatic carbocycles. The minimum atomic E-state index is -1.09. The molecule has 1 atom stereocenters. The van der Waals surface area contributed by atoms with Crippen LogP contribution in [0.4, 0.5) is 4.79 Å². The van der Waals surface area contributed by atoms with Gasteiger partial charge < -0.3 is 15.0 Å². The third kappa shape index (κ3) is 4.02. The number of carbonyl (C=O) groups is 2. The second-order valence-corrected chi connectivity index (χ2v) is 6.31. The third-order valence-electron chi connectivity index (χ3n) is 4.30. The molecule has 1 unspecified atom stereocenters. The van der Waals surface area contributed by atoms with Crippen LogP contribution in [0.2, 0.25) is 5.02 Å². The summed E-state index contributed by atoms with van der Waals surface area (Å²) in [6, 6.07) is 6.63. The predicted octanol–water partition coefficient (Wildman–Crippen LogP) is 2.50. The number of amides is 1. The van der Waals surface area contributed by atoms with Crippen molar-refractivity contribution in [2.45, 2.75) is 37.8 Å². The smallest absolute Gasteiger partial charge is 0.422 e. The monoisotopic (exact) mass is 340 g/mol. The van der Waals surface area contributed by atoms with Crippen molar-refractivity contribution in [2.75, 3.05) is 13.1 Å². The number of hydrogen-bond donors (Lipinski definition) is 2. The van der Waals surface area contributed by atoms with E-state index in [1.165, 1.54) is 5.01 Å². The van der Waals surface area contributed by atoms with Gasteiger partial charge in [0.05, 0.1) is 11.6 Å². The highest BCUT2D eigenvalue weighted by Crippen LogP contribution is 2.34. The standard InChI is InChI=1S/C16H21ClN2O4/c1-12(6-11-20)19(15(21)22)18-9-7-16(23,8-10-18)13-2-4-14(17)5-3-13/h2-5,11-12,23H,6-10H2,1H3,(H,21,22). The molecule has 0 saturated carbocycles. The van der Waals surface area contributed by atoms with Crippen LogP contribution in [0.15, 0.2) is 24.3 Å². The lowest BCUT2D eigenvalue weighted by Gasteiger charge is -2.44. The first-order valence-corrected chi connectivity index (χ1v) is 7.94. The normalized spacial score (nSPS) is 19.1. The number of piperidine rings is 1. The summed E-state index contributed by atoms with van der Waals surface area (Å²) in [6.45, 7) is 2.49. The summed E-state index contributed by atoms with van der Waals surface area (Å²) in [5.41, 5.74) is -0.205. The number of rotatable bonds is 5. The molecule has 1 aliphatic rings. The molecule has 1 fully saturated rings. The highest BCUT2D eigenvalue weighted by atomic mass is 35.5. The van der Waals surface area contributed by atoms with Crippen LogP contribution in [0.3, 0.4) is 0 Å². The zero-order valence-corrected chi connectivity index (χ0v) is 13.7. The summed E-state index contributed by atoms with van der Waals surface area (Å²) in [6.07, 6.45) is 0.591. The molecule has 0 spiro atoms. The summed E-state index contributed by atoms with van der Waals surface area (Å²) in [7, 11) is 0. The van der Waals surface area contributed by atoms with Crippen LogP contribution in [0.1, 0.15) is 31.7 Å². The Labute approximate surface area is 140 Å². The van der Waals surface area contributed by atoms with Crippen LogP contribution in [-0.4, -0.2) is 51.7 Å². The van der Waals surface area contributed by atoms with Crippen molar-refractivity contribution >= 4 is 24.0 Å². The zero-order chi connectivity index (χ0) is 17.0. The lowest BCUT2D eigenvalue weighted by molar-refractivity contribution is -0.116. The van der Waals surface area contributed by atoms with E-state index in [1.54, 1.807) is 36.2 Å². The van der Waals surface area contributed by atoms with Crippen molar-refractivity contribution in [3.05, 3.63) is 34.9 Å². The molecule has 1 amide bonds. The van der Waals surface area contributed by atoms with Gasteiger partial charge in [0.15, 0.2) is 0 Å². The van der Waals surface area contributed by atoms with Crippen molar-refractivity contribution in [1.82, 2.24) is 10.0 Å². The fraction of sp³-hybridized carbons (Fsp3) is 0.500. The van der Waals surface area contributed by atoms with Gasteiger partial charge in [-0.1, -0.05) is 23.7 Å². The zero-order valence-electron chi connectivity index (χ0n) is 13.0. The van der Waals surface area contributed by atoms with E-state index in [-0.39, 0.29) is 6.42 Å². The summed E-state index contributed by atoms with van der Waals surface area (Å²) >= 11 is 5.87. The number of halogens is 1. The fourth-order valence-electron chi connectivity index (χ4n) is 2.96. The number of hydrazine groups is 1. The Hall–Kier alpha value is -1.63. The molecule has 0 aromatic heterocycles. The van der Waals surface area contributed by atoms with Crippen molar-refractivity contribution in [3.63, 3.8) is 0 Å². The minimum absolute atomic E-state index is 0.143. The van der Waals surface area contributed by atoms with E-state index in [4.69, 9.17) is 11.6 Å². The van der Waals surface area contributed by atoms with Gasteiger partial charge in [0.1, 0.15) is 6.29 Å². The number of aliphatic hydroxyl groups is 1. The SMILES string of the molecule is CC(CC=O)N(C(=O)O)N1CCC(O)(c2ccc(Cl)cc2)CC1. The molecule has 0 bridgehead atoms. The first-order valence-electron chi connectivity index (χ1n) is 7.56. The Balaban J connectivity index is 2.08. The Morgan fingerprint density at radius 1 is 1.39 bits per heavy atom. The average molecular weight is 341 g/mol. The van der Waals surface area contributed by atoms with Gasteiger partial charge in [-0.3, -0.25) is 0 Å². The molecule has 7 heteroatoms. The lowest BCUT2D eigenvalue weighted by Crippen LogP contribution is -2.55. The summed E-state index contributed by atoms with van der Waals surface area (Å²) in [5, 5.41) is 23.7. The fourth-order valence-corrected chi connectivity index (χ4v) is 3.08. The Morgan fingerprint density at radius 2 is 1.96 bits per heavy atom. The topological polar surface area (TPSA) is 81.1 Å². The molecule has 1 heterocycles. The highest BCUT2D eigenvalue weighted by molar-refractivity contribution is 6.30. The van der Waals surface area contributed by atoms with Crippen molar-refractivity contribution in [3.8, 4) is 0 Å². The van der Waals surface area contributed by atoms with Crippen molar-refractivity contribution in [1.29, 1.82) is 0 Å². The van der Waals surface area contributed by atoms with E-state index >= 15 is 0 Å². The van der Waals surface area contributed by atoms with Crippen LogP contribution in [-0.2, 0) is 10.4 Å². The van der Waals surface area contributed by atoms with Gasteiger partial charge in [-0.25, -0.2) is 14.8 Å². The van der Waals surface area contributed by atoms with Gasteiger partial charge in [-0.2, -0.15) is 0 Å².